The molecule has 2 N–H and O–H groups in total. The number of halogens is 1. The first-order valence-corrected chi connectivity index (χ1v) is 11.4. The molecule has 0 saturated heterocycles. The van der Waals surface area contributed by atoms with Gasteiger partial charge in [-0.05, 0) is 59.7 Å². The normalized spacial score (nSPS) is 11.7. The molecule has 1 heterocycles. The standard InChI is InChI=1S/C22H23FN2O5S/c1-12(2)21-20(14-5-8-18(23)13(3)9-14)16-7-6-15(26)10-17(16)22(24-21)30-11-19(27)25-31(4,28)29/h5-10,12,26H,11H2,1-4H3,(H,25,27). The maximum atomic E-state index is 13.8. The number of amides is 1. The van der Waals surface area contributed by atoms with Crippen molar-refractivity contribution in [1.29, 1.82) is 0 Å². The van der Waals surface area contributed by atoms with Crippen molar-refractivity contribution in [2.45, 2.75) is 26.7 Å². The molecule has 0 aliphatic heterocycles. The molecule has 1 aromatic heterocycles. The maximum absolute atomic E-state index is 13.8. The van der Waals surface area contributed by atoms with Gasteiger partial charge in [0.2, 0.25) is 15.9 Å². The Morgan fingerprint density at radius 3 is 2.52 bits per heavy atom. The van der Waals surface area contributed by atoms with E-state index in [-0.39, 0.29) is 23.4 Å². The number of aromatic hydroxyl groups is 1. The summed E-state index contributed by atoms with van der Waals surface area (Å²) in [5.74, 6) is -1.16. The highest BCUT2D eigenvalue weighted by Gasteiger charge is 2.20. The van der Waals surface area contributed by atoms with E-state index >= 15 is 0 Å². The van der Waals surface area contributed by atoms with Crippen LogP contribution in [-0.2, 0) is 14.8 Å². The first kappa shape index (κ1) is 22.5. The molecule has 0 radical (unpaired) electrons. The van der Waals surface area contributed by atoms with Crippen LogP contribution >= 0.6 is 0 Å². The zero-order valence-corrected chi connectivity index (χ0v) is 18.4. The number of pyridine rings is 1. The fraction of sp³-hybridized carbons (Fsp3) is 0.273. The summed E-state index contributed by atoms with van der Waals surface area (Å²) in [5, 5.41) is 11.1. The van der Waals surface area contributed by atoms with Crippen molar-refractivity contribution in [2.75, 3.05) is 12.9 Å². The second kappa shape index (κ2) is 8.50. The van der Waals surface area contributed by atoms with E-state index in [2.05, 4.69) is 4.98 Å². The zero-order valence-electron chi connectivity index (χ0n) is 17.6. The van der Waals surface area contributed by atoms with Gasteiger partial charge in [-0.1, -0.05) is 19.9 Å². The molecular weight excluding hydrogens is 423 g/mol. The lowest BCUT2D eigenvalue weighted by atomic mass is 9.92. The van der Waals surface area contributed by atoms with Crippen LogP contribution in [-0.4, -0.2) is 37.3 Å². The Kier molecular flexibility index (Phi) is 6.17. The van der Waals surface area contributed by atoms with Crippen molar-refractivity contribution in [3.8, 4) is 22.8 Å². The smallest absolute Gasteiger partial charge is 0.271 e. The number of aromatic nitrogens is 1. The number of ether oxygens (including phenoxy) is 1. The molecule has 0 spiro atoms. The number of hydrogen-bond donors (Lipinski definition) is 2. The molecule has 3 aromatic rings. The van der Waals surface area contributed by atoms with Crippen molar-refractivity contribution < 1.29 is 27.4 Å². The predicted molar refractivity (Wildman–Crippen MR) is 116 cm³/mol. The van der Waals surface area contributed by atoms with Crippen molar-refractivity contribution in [3.63, 3.8) is 0 Å². The Hall–Kier alpha value is -3.20. The van der Waals surface area contributed by atoms with Gasteiger partial charge in [0.1, 0.15) is 11.6 Å². The Morgan fingerprint density at radius 2 is 1.90 bits per heavy atom. The highest BCUT2D eigenvalue weighted by Crippen LogP contribution is 2.40. The number of hydrogen-bond acceptors (Lipinski definition) is 6. The number of phenolic OH excluding ortho intramolecular Hbond substituents is 1. The fourth-order valence-corrected chi connectivity index (χ4v) is 3.76. The SMILES string of the molecule is Cc1cc(-c2c(C(C)C)nc(OCC(=O)NS(C)(=O)=O)c3cc(O)ccc23)ccc1F. The number of sulfonamides is 1. The number of aryl methyl sites for hydroxylation is 1. The Morgan fingerprint density at radius 1 is 1.19 bits per heavy atom. The Balaban J connectivity index is 2.18. The van der Waals surface area contributed by atoms with Crippen LogP contribution in [0.4, 0.5) is 4.39 Å². The molecule has 0 saturated carbocycles. The third kappa shape index (κ3) is 5.11. The van der Waals surface area contributed by atoms with E-state index < -0.39 is 22.5 Å². The van der Waals surface area contributed by atoms with E-state index in [4.69, 9.17) is 4.74 Å². The highest BCUT2D eigenvalue weighted by molar-refractivity contribution is 7.89. The van der Waals surface area contributed by atoms with Crippen molar-refractivity contribution in [3.05, 3.63) is 53.5 Å². The molecule has 0 aliphatic carbocycles. The third-order valence-corrected chi connectivity index (χ3v) is 5.21. The van der Waals surface area contributed by atoms with Crippen LogP contribution in [0.25, 0.3) is 21.9 Å². The van der Waals surface area contributed by atoms with Gasteiger partial charge in [-0.3, -0.25) is 9.52 Å². The van der Waals surface area contributed by atoms with Crippen LogP contribution in [0.15, 0.2) is 36.4 Å². The van der Waals surface area contributed by atoms with Gasteiger partial charge < -0.3 is 9.84 Å². The molecule has 0 fully saturated rings. The van der Waals surface area contributed by atoms with Crippen molar-refractivity contribution >= 4 is 26.7 Å². The van der Waals surface area contributed by atoms with Gasteiger partial charge in [0.15, 0.2) is 6.61 Å². The quantitative estimate of drug-likeness (QED) is 0.599. The molecular formula is C22H23FN2O5S. The van der Waals surface area contributed by atoms with Gasteiger partial charge in [-0.25, -0.2) is 17.8 Å². The molecule has 0 bridgehead atoms. The average molecular weight is 447 g/mol. The van der Waals surface area contributed by atoms with Gasteiger partial charge >= 0.3 is 0 Å². The summed E-state index contributed by atoms with van der Waals surface area (Å²) in [5.41, 5.74) is 2.66. The fourth-order valence-electron chi connectivity index (χ4n) is 3.29. The summed E-state index contributed by atoms with van der Waals surface area (Å²) >= 11 is 0. The first-order valence-electron chi connectivity index (χ1n) is 9.53. The number of nitrogens with zero attached hydrogens (tertiary/aromatic N) is 1. The summed E-state index contributed by atoms with van der Waals surface area (Å²) in [6.07, 6.45) is 0.868. The lowest BCUT2D eigenvalue weighted by Gasteiger charge is -2.19. The second-order valence-corrected chi connectivity index (χ2v) is 9.36. The number of nitrogens with one attached hydrogen (secondary N) is 1. The maximum Gasteiger partial charge on any atom is 0.271 e. The zero-order chi connectivity index (χ0) is 22.9. The number of fused-ring (bicyclic) bond motifs is 1. The highest BCUT2D eigenvalue weighted by atomic mass is 32.2. The minimum atomic E-state index is -3.72. The van der Waals surface area contributed by atoms with Gasteiger partial charge in [0.25, 0.3) is 5.91 Å². The van der Waals surface area contributed by atoms with E-state index in [1.165, 1.54) is 18.2 Å². The second-order valence-electron chi connectivity index (χ2n) is 7.61. The summed E-state index contributed by atoms with van der Waals surface area (Å²) < 4.78 is 43.7. The molecule has 31 heavy (non-hydrogen) atoms. The van der Waals surface area contributed by atoms with Gasteiger partial charge in [0.05, 0.1) is 11.9 Å². The minimum absolute atomic E-state index is 0.0294. The molecule has 164 valence electrons. The van der Waals surface area contributed by atoms with E-state index in [0.717, 1.165) is 17.4 Å². The number of rotatable bonds is 6. The van der Waals surface area contributed by atoms with Crippen LogP contribution in [0, 0.1) is 12.7 Å². The summed E-state index contributed by atoms with van der Waals surface area (Å²) in [4.78, 5) is 16.5. The van der Waals surface area contributed by atoms with Crippen LogP contribution in [0.5, 0.6) is 11.6 Å². The molecule has 9 heteroatoms. The lowest BCUT2D eigenvalue weighted by molar-refractivity contribution is -0.121. The van der Waals surface area contributed by atoms with Crippen LogP contribution in [0.1, 0.15) is 31.0 Å². The predicted octanol–water partition coefficient (Wildman–Crippen LogP) is 3.63. The average Bonchev–Trinajstić information content (AvgIpc) is 2.66. The Bertz CT molecular complexity index is 1270. The minimum Gasteiger partial charge on any atom is -0.508 e. The molecule has 0 aliphatic rings. The first-order chi connectivity index (χ1) is 14.5. The topological polar surface area (TPSA) is 106 Å². The molecule has 0 unspecified atom stereocenters. The van der Waals surface area contributed by atoms with Gasteiger partial charge in [-0.15, -0.1) is 0 Å². The Labute approximate surface area is 179 Å². The van der Waals surface area contributed by atoms with Crippen molar-refractivity contribution in [1.82, 2.24) is 9.71 Å². The van der Waals surface area contributed by atoms with Gasteiger partial charge in [-0.2, -0.15) is 0 Å². The van der Waals surface area contributed by atoms with E-state index in [9.17, 15) is 22.7 Å². The van der Waals surface area contributed by atoms with Crippen molar-refractivity contribution in [2.24, 2.45) is 0 Å². The molecule has 1 amide bonds. The monoisotopic (exact) mass is 446 g/mol. The summed E-state index contributed by atoms with van der Waals surface area (Å²) in [6, 6.07) is 9.46. The van der Waals surface area contributed by atoms with Crippen LogP contribution in [0.3, 0.4) is 0 Å². The molecule has 7 nitrogen and oxygen atoms in total. The number of carbonyl (C=O) groups is 1. The lowest BCUT2D eigenvalue weighted by Crippen LogP contribution is -2.33. The number of carbonyl (C=O) groups excluding carboxylic acids is 1. The molecule has 2 aromatic carbocycles. The number of benzene rings is 2. The van der Waals surface area contributed by atoms with E-state index in [1.54, 1.807) is 25.1 Å². The molecule has 3 rings (SSSR count). The van der Waals surface area contributed by atoms with E-state index in [0.29, 0.717) is 22.0 Å². The van der Waals surface area contributed by atoms with E-state index in [1.807, 2.05) is 18.6 Å². The van der Waals surface area contributed by atoms with Crippen LogP contribution < -0.4 is 9.46 Å². The van der Waals surface area contributed by atoms with Gasteiger partial charge in [0, 0.05) is 10.9 Å². The third-order valence-electron chi connectivity index (χ3n) is 4.61. The summed E-state index contributed by atoms with van der Waals surface area (Å²) in [6.45, 7) is 4.98. The largest absolute Gasteiger partial charge is 0.508 e. The number of phenols is 1. The van der Waals surface area contributed by atoms with Crippen LogP contribution in [0.2, 0.25) is 0 Å². The summed E-state index contributed by atoms with van der Waals surface area (Å²) in [7, 11) is -3.72. The molecule has 0 atom stereocenters.